The number of anilines is 1. The van der Waals surface area contributed by atoms with Crippen molar-refractivity contribution in [3.63, 3.8) is 0 Å². The van der Waals surface area contributed by atoms with Crippen molar-refractivity contribution in [2.75, 3.05) is 18.4 Å². The summed E-state index contributed by atoms with van der Waals surface area (Å²) in [6, 6.07) is 14.5. The summed E-state index contributed by atoms with van der Waals surface area (Å²) in [4.78, 5) is 14.7. The maximum Gasteiger partial charge on any atom is 0.286 e. The first-order chi connectivity index (χ1) is 15.0. The molecule has 1 N–H and O–H groups in total. The van der Waals surface area contributed by atoms with Crippen molar-refractivity contribution in [3.05, 3.63) is 75.5 Å². The van der Waals surface area contributed by atoms with E-state index in [9.17, 15) is 9.18 Å². The Morgan fingerprint density at radius 1 is 1.10 bits per heavy atom. The van der Waals surface area contributed by atoms with Crippen LogP contribution in [0.1, 0.15) is 45.2 Å². The van der Waals surface area contributed by atoms with Gasteiger partial charge in [0, 0.05) is 5.69 Å². The molecular formula is C24H27FN4OS. The van der Waals surface area contributed by atoms with E-state index < -0.39 is 0 Å². The monoisotopic (exact) mass is 438 g/mol. The highest BCUT2D eigenvalue weighted by Crippen LogP contribution is 2.24. The molecule has 1 aliphatic rings. The molecule has 3 aromatic rings. The van der Waals surface area contributed by atoms with Gasteiger partial charge in [0.25, 0.3) is 5.91 Å². The number of nitrogens with one attached hydrogen (secondary N) is 1. The van der Waals surface area contributed by atoms with Gasteiger partial charge in [-0.1, -0.05) is 41.2 Å². The van der Waals surface area contributed by atoms with Crippen LogP contribution in [-0.2, 0) is 13.0 Å². The van der Waals surface area contributed by atoms with Crippen LogP contribution in [0.25, 0.3) is 0 Å². The predicted molar refractivity (Wildman–Crippen MR) is 122 cm³/mol. The fourth-order valence-electron chi connectivity index (χ4n) is 3.88. The fourth-order valence-corrected chi connectivity index (χ4v) is 4.65. The topological polar surface area (TPSA) is 58.1 Å². The number of amides is 1. The highest BCUT2D eigenvalue weighted by molar-refractivity contribution is 7.13. The van der Waals surface area contributed by atoms with Crippen LogP contribution in [0.5, 0.6) is 0 Å². The van der Waals surface area contributed by atoms with E-state index in [1.54, 1.807) is 0 Å². The van der Waals surface area contributed by atoms with Crippen molar-refractivity contribution < 1.29 is 9.18 Å². The third-order valence-electron chi connectivity index (χ3n) is 5.79. The Labute approximate surface area is 186 Å². The van der Waals surface area contributed by atoms with Crippen molar-refractivity contribution in [2.24, 2.45) is 5.92 Å². The van der Waals surface area contributed by atoms with Gasteiger partial charge in [0.15, 0.2) is 0 Å². The molecule has 1 amide bonds. The molecule has 0 aliphatic carbocycles. The van der Waals surface area contributed by atoms with Gasteiger partial charge in [-0.05, 0) is 81.4 Å². The second-order valence-electron chi connectivity index (χ2n) is 8.21. The molecule has 5 nitrogen and oxygen atoms in total. The van der Waals surface area contributed by atoms with Crippen molar-refractivity contribution in [1.29, 1.82) is 0 Å². The molecular weight excluding hydrogens is 411 g/mol. The smallest absolute Gasteiger partial charge is 0.286 e. The summed E-state index contributed by atoms with van der Waals surface area (Å²) in [6.45, 7) is 4.95. The Bertz CT molecular complexity index is 995. The standard InChI is InChI=1S/C24H27FN4OS/c1-17-2-4-18(5-3-17)6-7-19-12-14-29(15-13-19)16-22-27-28-24(31-22)23(30)26-21-10-8-20(25)9-11-21/h2-5,8-11,19H,6-7,12-16H2,1H3,(H,26,30). The highest BCUT2D eigenvalue weighted by atomic mass is 32.1. The summed E-state index contributed by atoms with van der Waals surface area (Å²) in [5.41, 5.74) is 3.27. The van der Waals surface area contributed by atoms with Crippen LogP contribution < -0.4 is 5.32 Å². The van der Waals surface area contributed by atoms with Crippen LogP contribution in [-0.4, -0.2) is 34.1 Å². The first kappa shape index (κ1) is 21.6. The molecule has 0 radical (unpaired) electrons. The summed E-state index contributed by atoms with van der Waals surface area (Å²) >= 11 is 1.32. The molecule has 162 valence electrons. The maximum atomic E-state index is 13.0. The Morgan fingerprint density at radius 2 is 1.81 bits per heavy atom. The Balaban J connectivity index is 1.22. The second-order valence-corrected chi connectivity index (χ2v) is 9.27. The SMILES string of the molecule is Cc1ccc(CCC2CCN(Cc3nnc(C(=O)Nc4ccc(F)cc4)s3)CC2)cc1. The van der Waals surface area contributed by atoms with Crippen LogP contribution in [0.4, 0.5) is 10.1 Å². The lowest BCUT2D eigenvalue weighted by atomic mass is 9.90. The van der Waals surface area contributed by atoms with E-state index in [-0.39, 0.29) is 11.7 Å². The van der Waals surface area contributed by atoms with Gasteiger partial charge in [-0.25, -0.2) is 4.39 Å². The maximum absolute atomic E-state index is 13.0. The normalized spacial score (nSPS) is 15.2. The van der Waals surface area contributed by atoms with Crippen molar-refractivity contribution >= 4 is 22.9 Å². The molecule has 0 bridgehead atoms. The van der Waals surface area contributed by atoms with Gasteiger partial charge in [0.1, 0.15) is 10.8 Å². The van der Waals surface area contributed by atoms with Crippen LogP contribution in [0, 0.1) is 18.7 Å². The molecule has 2 heterocycles. The largest absolute Gasteiger partial charge is 0.320 e. The molecule has 0 atom stereocenters. The molecule has 4 rings (SSSR count). The minimum absolute atomic E-state index is 0.315. The van der Waals surface area contributed by atoms with E-state index in [4.69, 9.17) is 0 Å². The first-order valence-electron chi connectivity index (χ1n) is 10.7. The van der Waals surface area contributed by atoms with Crippen LogP contribution >= 0.6 is 11.3 Å². The minimum atomic E-state index is -0.338. The van der Waals surface area contributed by atoms with Crippen molar-refractivity contribution in [3.8, 4) is 0 Å². The lowest BCUT2D eigenvalue weighted by Crippen LogP contribution is -2.33. The van der Waals surface area contributed by atoms with Crippen molar-refractivity contribution in [2.45, 2.75) is 39.2 Å². The van der Waals surface area contributed by atoms with Crippen LogP contribution in [0.2, 0.25) is 0 Å². The summed E-state index contributed by atoms with van der Waals surface area (Å²) in [5, 5.41) is 12.1. The molecule has 31 heavy (non-hydrogen) atoms. The number of aryl methyl sites for hydroxylation is 2. The molecule has 7 heteroatoms. The molecule has 0 saturated carbocycles. The average molecular weight is 439 g/mol. The number of rotatable bonds is 7. The zero-order valence-corrected chi connectivity index (χ0v) is 18.5. The lowest BCUT2D eigenvalue weighted by Gasteiger charge is -2.31. The van der Waals surface area contributed by atoms with E-state index in [2.05, 4.69) is 51.6 Å². The number of piperidine rings is 1. The number of benzene rings is 2. The highest BCUT2D eigenvalue weighted by Gasteiger charge is 2.21. The predicted octanol–water partition coefficient (Wildman–Crippen LogP) is 5.08. The second kappa shape index (κ2) is 10.1. The molecule has 2 aromatic carbocycles. The van der Waals surface area contributed by atoms with Crippen LogP contribution in [0.3, 0.4) is 0 Å². The number of carbonyl (C=O) groups excluding carboxylic acids is 1. The molecule has 1 fully saturated rings. The van der Waals surface area contributed by atoms with Gasteiger partial charge in [-0.15, -0.1) is 10.2 Å². The third-order valence-corrected chi connectivity index (χ3v) is 6.70. The summed E-state index contributed by atoms with van der Waals surface area (Å²) in [5.74, 6) is 0.115. The van der Waals surface area contributed by atoms with Gasteiger partial charge in [-0.2, -0.15) is 0 Å². The number of hydrogen-bond donors (Lipinski definition) is 1. The molecule has 1 aliphatic heterocycles. The van der Waals surface area contributed by atoms with E-state index in [1.807, 2.05) is 0 Å². The molecule has 1 saturated heterocycles. The summed E-state index contributed by atoms with van der Waals surface area (Å²) in [6.07, 6.45) is 4.78. The first-order valence-corrected chi connectivity index (χ1v) is 11.5. The van der Waals surface area contributed by atoms with Gasteiger partial charge < -0.3 is 5.32 Å². The third kappa shape index (κ3) is 6.18. The average Bonchev–Trinajstić information content (AvgIpc) is 3.25. The summed E-state index contributed by atoms with van der Waals surface area (Å²) in [7, 11) is 0. The molecule has 0 unspecified atom stereocenters. The zero-order chi connectivity index (χ0) is 21.6. The summed E-state index contributed by atoms with van der Waals surface area (Å²) < 4.78 is 13.0. The number of carbonyl (C=O) groups is 1. The van der Waals surface area contributed by atoms with E-state index in [0.29, 0.717) is 10.7 Å². The van der Waals surface area contributed by atoms with Gasteiger partial charge in [0.05, 0.1) is 6.54 Å². The molecule has 1 aromatic heterocycles. The fraction of sp³-hybridized carbons (Fsp3) is 0.375. The quantitative estimate of drug-likeness (QED) is 0.559. The number of nitrogens with zero attached hydrogens (tertiary/aromatic N) is 3. The minimum Gasteiger partial charge on any atom is -0.320 e. The van der Waals surface area contributed by atoms with E-state index in [0.717, 1.165) is 37.0 Å². The number of aromatic nitrogens is 2. The number of halogens is 1. The Morgan fingerprint density at radius 3 is 2.52 bits per heavy atom. The van der Waals surface area contributed by atoms with E-state index in [1.165, 1.54) is 66.0 Å². The Hall–Kier alpha value is -2.64. The number of hydrogen-bond acceptors (Lipinski definition) is 5. The van der Waals surface area contributed by atoms with Gasteiger partial charge in [0.2, 0.25) is 5.01 Å². The Kier molecular flexibility index (Phi) is 7.04. The van der Waals surface area contributed by atoms with Gasteiger partial charge in [-0.3, -0.25) is 9.69 Å². The van der Waals surface area contributed by atoms with Gasteiger partial charge >= 0.3 is 0 Å². The lowest BCUT2D eigenvalue weighted by molar-refractivity contribution is 0.102. The van der Waals surface area contributed by atoms with Crippen LogP contribution in [0.15, 0.2) is 48.5 Å². The number of likely N-dealkylation sites (tertiary alicyclic amines) is 1. The molecule has 0 spiro atoms. The van der Waals surface area contributed by atoms with E-state index >= 15 is 0 Å². The zero-order valence-electron chi connectivity index (χ0n) is 17.7. The van der Waals surface area contributed by atoms with Crippen molar-refractivity contribution in [1.82, 2.24) is 15.1 Å².